The highest BCUT2D eigenvalue weighted by Gasteiger charge is 2.25. The third-order valence-corrected chi connectivity index (χ3v) is 5.22. The van der Waals surface area contributed by atoms with Crippen LogP contribution in [0.1, 0.15) is 39.1 Å². The molecular formula is C20H20N4O3. The van der Waals surface area contributed by atoms with E-state index in [1.165, 1.54) is 0 Å². The number of amides is 1. The van der Waals surface area contributed by atoms with Gasteiger partial charge in [0, 0.05) is 18.7 Å². The Balaban J connectivity index is 1.40. The molecule has 1 amide bonds. The van der Waals surface area contributed by atoms with Crippen LogP contribution in [0.2, 0.25) is 0 Å². The van der Waals surface area contributed by atoms with Gasteiger partial charge in [0.25, 0.3) is 5.91 Å². The second-order valence-electron chi connectivity index (χ2n) is 6.93. The Bertz CT molecular complexity index is 990. The first-order valence-corrected chi connectivity index (χ1v) is 9.03. The first-order chi connectivity index (χ1) is 13.1. The standard InChI is InChI=1S/C20H20N4O3/c25-19(15-5-6-17-18(12-15)22-23-21-17)24-9-7-13(8-10-24)11-14-3-1-2-4-16(14)20(26)27/h1-6,12-13H,7-11H2,(H,26,27)(H,21,22,23). The summed E-state index contributed by atoms with van der Waals surface area (Å²) in [7, 11) is 0. The van der Waals surface area contributed by atoms with Crippen molar-refractivity contribution in [2.45, 2.75) is 19.3 Å². The number of hydrogen-bond donors (Lipinski definition) is 2. The molecular weight excluding hydrogens is 344 g/mol. The van der Waals surface area contributed by atoms with E-state index >= 15 is 0 Å². The van der Waals surface area contributed by atoms with Crippen LogP contribution in [-0.4, -0.2) is 50.4 Å². The molecule has 0 aliphatic carbocycles. The fraction of sp³-hybridized carbons (Fsp3) is 0.300. The van der Waals surface area contributed by atoms with Gasteiger partial charge in [-0.3, -0.25) is 4.79 Å². The van der Waals surface area contributed by atoms with Crippen molar-refractivity contribution in [1.29, 1.82) is 0 Å². The van der Waals surface area contributed by atoms with Crippen LogP contribution in [-0.2, 0) is 6.42 Å². The summed E-state index contributed by atoms with van der Waals surface area (Å²) in [4.78, 5) is 26.0. The van der Waals surface area contributed by atoms with Gasteiger partial charge in [0.15, 0.2) is 0 Å². The van der Waals surface area contributed by atoms with Crippen LogP contribution in [0.4, 0.5) is 0 Å². The Kier molecular flexibility index (Phi) is 4.58. The molecule has 0 bridgehead atoms. The van der Waals surface area contributed by atoms with Crippen LogP contribution in [0.25, 0.3) is 11.0 Å². The van der Waals surface area contributed by atoms with Gasteiger partial charge in [0.05, 0.1) is 5.56 Å². The van der Waals surface area contributed by atoms with Crippen molar-refractivity contribution in [3.63, 3.8) is 0 Å². The number of nitrogens with zero attached hydrogens (tertiary/aromatic N) is 3. The molecule has 2 aromatic carbocycles. The molecule has 1 aliphatic rings. The molecule has 7 nitrogen and oxygen atoms in total. The maximum atomic E-state index is 12.8. The summed E-state index contributed by atoms with van der Waals surface area (Å²) in [5.41, 5.74) is 3.28. The van der Waals surface area contributed by atoms with E-state index in [0.717, 1.165) is 30.3 Å². The Hall–Kier alpha value is -3.22. The highest BCUT2D eigenvalue weighted by atomic mass is 16.4. The predicted octanol–water partition coefficient (Wildman–Crippen LogP) is 2.75. The van der Waals surface area contributed by atoms with Gasteiger partial charge in [-0.1, -0.05) is 18.2 Å². The van der Waals surface area contributed by atoms with E-state index in [4.69, 9.17) is 0 Å². The lowest BCUT2D eigenvalue weighted by Crippen LogP contribution is -2.39. The number of piperidine rings is 1. The number of carboxylic acids is 1. The highest BCUT2D eigenvalue weighted by Crippen LogP contribution is 2.25. The number of nitrogens with one attached hydrogen (secondary N) is 1. The van der Waals surface area contributed by atoms with Gasteiger partial charge in [0.1, 0.15) is 11.0 Å². The summed E-state index contributed by atoms with van der Waals surface area (Å²) in [6, 6.07) is 12.5. The van der Waals surface area contributed by atoms with Crippen LogP contribution in [0.15, 0.2) is 42.5 Å². The highest BCUT2D eigenvalue weighted by molar-refractivity contribution is 5.97. The molecule has 27 heavy (non-hydrogen) atoms. The minimum Gasteiger partial charge on any atom is -0.478 e. The SMILES string of the molecule is O=C(O)c1ccccc1CC1CCN(C(=O)c2ccc3n[nH]nc3c2)CC1. The number of rotatable bonds is 4. The van der Waals surface area contributed by atoms with Crippen LogP contribution >= 0.6 is 0 Å². The number of hydrogen-bond acceptors (Lipinski definition) is 4. The fourth-order valence-electron chi connectivity index (χ4n) is 3.71. The van der Waals surface area contributed by atoms with E-state index in [9.17, 15) is 14.7 Å². The number of fused-ring (bicyclic) bond motifs is 1. The van der Waals surface area contributed by atoms with Gasteiger partial charge in [-0.05, 0) is 55.0 Å². The van der Waals surface area contributed by atoms with Crippen molar-refractivity contribution in [2.75, 3.05) is 13.1 Å². The molecule has 2 heterocycles. The van der Waals surface area contributed by atoms with Gasteiger partial charge in [0.2, 0.25) is 0 Å². The minimum atomic E-state index is -0.888. The number of H-pyrrole nitrogens is 1. The largest absolute Gasteiger partial charge is 0.478 e. The van der Waals surface area contributed by atoms with E-state index in [1.54, 1.807) is 30.3 Å². The number of carbonyl (C=O) groups excluding carboxylic acids is 1. The zero-order valence-corrected chi connectivity index (χ0v) is 14.8. The Morgan fingerprint density at radius 1 is 1.07 bits per heavy atom. The normalized spacial score (nSPS) is 15.2. The number of likely N-dealkylation sites (tertiary alicyclic amines) is 1. The topological polar surface area (TPSA) is 99.2 Å². The summed E-state index contributed by atoms with van der Waals surface area (Å²) >= 11 is 0. The van der Waals surface area contributed by atoms with E-state index in [0.29, 0.717) is 35.7 Å². The van der Waals surface area contributed by atoms with E-state index in [1.807, 2.05) is 17.0 Å². The molecule has 0 spiro atoms. The maximum absolute atomic E-state index is 12.8. The molecule has 1 fully saturated rings. The molecule has 1 saturated heterocycles. The lowest BCUT2D eigenvalue weighted by atomic mass is 9.88. The van der Waals surface area contributed by atoms with Gasteiger partial charge in [-0.2, -0.15) is 15.4 Å². The number of benzene rings is 2. The van der Waals surface area contributed by atoms with Crippen LogP contribution in [0, 0.1) is 5.92 Å². The summed E-state index contributed by atoms with van der Waals surface area (Å²) in [5.74, 6) is -0.502. The van der Waals surface area contributed by atoms with Gasteiger partial charge < -0.3 is 10.0 Å². The maximum Gasteiger partial charge on any atom is 0.335 e. The number of aromatic nitrogens is 3. The fourth-order valence-corrected chi connectivity index (χ4v) is 3.71. The van der Waals surface area contributed by atoms with E-state index in [-0.39, 0.29) is 5.91 Å². The van der Waals surface area contributed by atoms with Crippen LogP contribution < -0.4 is 0 Å². The zero-order chi connectivity index (χ0) is 18.8. The molecule has 1 aliphatic heterocycles. The number of aromatic amines is 1. The summed E-state index contributed by atoms with van der Waals surface area (Å²) in [6.07, 6.45) is 2.47. The van der Waals surface area contributed by atoms with Crippen molar-refractivity contribution in [2.24, 2.45) is 5.92 Å². The van der Waals surface area contributed by atoms with E-state index < -0.39 is 5.97 Å². The van der Waals surface area contributed by atoms with Crippen molar-refractivity contribution in [1.82, 2.24) is 20.3 Å². The van der Waals surface area contributed by atoms with Crippen LogP contribution in [0.3, 0.4) is 0 Å². The molecule has 138 valence electrons. The van der Waals surface area contributed by atoms with Gasteiger partial charge in [-0.15, -0.1) is 0 Å². The molecule has 4 rings (SSSR count). The number of carbonyl (C=O) groups is 2. The lowest BCUT2D eigenvalue weighted by Gasteiger charge is -2.32. The number of carboxylic acid groups (broad SMARTS) is 1. The van der Waals surface area contributed by atoms with E-state index in [2.05, 4.69) is 15.4 Å². The van der Waals surface area contributed by atoms with Gasteiger partial charge in [-0.25, -0.2) is 4.79 Å². The molecule has 0 atom stereocenters. The zero-order valence-electron chi connectivity index (χ0n) is 14.8. The third-order valence-electron chi connectivity index (χ3n) is 5.22. The average molecular weight is 364 g/mol. The van der Waals surface area contributed by atoms with Crippen molar-refractivity contribution in [3.05, 3.63) is 59.2 Å². The first-order valence-electron chi connectivity index (χ1n) is 9.03. The lowest BCUT2D eigenvalue weighted by molar-refractivity contribution is 0.0690. The number of aromatic carboxylic acids is 1. The molecule has 0 saturated carbocycles. The molecule has 7 heteroatoms. The molecule has 0 radical (unpaired) electrons. The van der Waals surface area contributed by atoms with Gasteiger partial charge >= 0.3 is 5.97 Å². The third kappa shape index (κ3) is 3.53. The average Bonchev–Trinajstić information content (AvgIpc) is 3.16. The summed E-state index contributed by atoms with van der Waals surface area (Å²) < 4.78 is 0. The Morgan fingerprint density at radius 3 is 2.59 bits per heavy atom. The molecule has 0 unspecified atom stereocenters. The van der Waals surface area contributed by atoms with Crippen molar-refractivity contribution >= 4 is 22.9 Å². The second kappa shape index (κ2) is 7.19. The Labute approximate surface area is 156 Å². The first kappa shape index (κ1) is 17.2. The Morgan fingerprint density at radius 2 is 1.81 bits per heavy atom. The minimum absolute atomic E-state index is 0.00397. The summed E-state index contributed by atoms with van der Waals surface area (Å²) in [5, 5.41) is 19.9. The van der Waals surface area contributed by atoms with Crippen LogP contribution in [0.5, 0.6) is 0 Å². The second-order valence-corrected chi connectivity index (χ2v) is 6.93. The summed E-state index contributed by atoms with van der Waals surface area (Å²) in [6.45, 7) is 1.35. The quantitative estimate of drug-likeness (QED) is 0.742. The smallest absolute Gasteiger partial charge is 0.335 e. The monoisotopic (exact) mass is 364 g/mol. The van der Waals surface area contributed by atoms with Crippen molar-refractivity contribution < 1.29 is 14.7 Å². The molecule has 2 N–H and O–H groups in total. The van der Waals surface area contributed by atoms with Crippen molar-refractivity contribution in [3.8, 4) is 0 Å². The molecule has 1 aromatic heterocycles. The predicted molar refractivity (Wildman–Crippen MR) is 99.6 cm³/mol. The molecule has 3 aromatic rings.